The molecule has 188 valence electrons. The average molecular weight is 487 g/mol. The maximum atomic E-state index is 11.0. The first-order valence-corrected chi connectivity index (χ1v) is 12.0. The lowest BCUT2D eigenvalue weighted by atomic mass is 9.98. The molecule has 0 amide bonds. The summed E-state index contributed by atoms with van der Waals surface area (Å²) in [5.74, 6) is 0. The fourth-order valence-electron chi connectivity index (χ4n) is 4.99. The van der Waals surface area contributed by atoms with Gasteiger partial charge in [0.15, 0.2) is 12.6 Å². The molecule has 0 radical (unpaired) electrons. The van der Waals surface area contributed by atoms with Crippen LogP contribution >= 0.6 is 0 Å². The van der Waals surface area contributed by atoms with Crippen LogP contribution in [0.2, 0.25) is 0 Å². The summed E-state index contributed by atoms with van der Waals surface area (Å²) in [7, 11) is 0. The molecule has 0 saturated carbocycles. The maximum Gasteiger partial charge on any atom is 0.187 e. The Morgan fingerprint density at radius 3 is 2.09 bits per heavy atom. The van der Waals surface area contributed by atoms with Crippen LogP contribution in [0.25, 0.3) is 0 Å². The lowest BCUT2D eigenvalue weighted by Crippen LogP contribution is -2.62. The van der Waals surface area contributed by atoms with Gasteiger partial charge >= 0.3 is 0 Å². The summed E-state index contributed by atoms with van der Waals surface area (Å²) in [5, 5.41) is 21.0. The number of hydrogen-bond acceptors (Lipinski definition) is 9. The predicted molar refractivity (Wildman–Crippen MR) is 120 cm³/mol. The largest absolute Gasteiger partial charge is 0.394 e. The molecule has 4 aliphatic heterocycles. The number of aliphatic hydroxyl groups is 2. The van der Waals surface area contributed by atoms with E-state index >= 15 is 0 Å². The standard InChI is InChI=1S/C26H30O9/c27-11-17-19(28)21(29-12-15-7-3-1-4-8-15)23(30-13-16-9-5-2-6-10-16)26(32-17)35-20-18-14-31-25(33-18)24-22(20)34-24/h1-10,17-28H,11-14H2/t17-,18-,19-,20-,21+,22+,23-,24+,25-,26+/m1/s1. The van der Waals surface area contributed by atoms with Gasteiger partial charge in [0.1, 0.15) is 48.8 Å². The second-order valence-electron chi connectivity index (χ2n) is 9.28. The van der Waals surface area contributed by atoms with Crippen LogP contribution in [0.15, 0.2) is 60.7 Å². The van der Waals surface area contributed by atoms with Gasteiger partial charge in [-0.3, -0.25) is 0 Å². The molecule has 0 spiro atoms. The Kier molecular flexibility index (Phi) is 6.85. The minimum atomic E-state index is -1.11. The number of fused-ring (bicyclic) bond motifs is 4. The van der Waals surface area contributed by atoms with Crippen LogP contribution in [0, 0.1) is 0 Å². The molecule has 0 aromatic heterocycles. The second kappa shape index (κ2) is 10.2. The van der Waals surface area contributed by atoms with Gasteiger partial charge in [-0.05, 0) is 11.1 Å². The first-order valence-electron chi connectivity index (χ1n) is 12.0. The number of benzene rings is 2. The highest BCUT2D eigenvalue weighted by atomic mass is 16.8. The zero-order valence-corrected chi connectivity index (χ0v) is 19.1. The quantitative estimate of drug-likeness (QED) is 0.505. The van der Waals surface area contributed by atoms with Gasteiger partial charge < -0.3 is 43.4 Å². The third kappa shape index (κ3) is 4.89. The topological polar surface area (TPSA) is 108 Å². The summed E-state index contributed by atoms with van der Waals surface area (Å²) in [6, 6.07) is 19.4. The number of ether oxygens (including phenoxy) is 7. The van der Waals surface area contributed by atoms with Gasteiger partial charge in [-0.15, -0.1) is 0 Å². The van der Waals surface area contributed by atoms with E-state index in [1.807, 2.05) is 60.7 Å². The number of epoxide rings is 1. The highest BCUT2D eigenvalue weighted by molar-refractivity contribution is 5.15. The Hall–Kier alpha value is -1.92. The molecule has 2 aromatic rings. The van der Waals surface area contributed by atoms with E-state index in [0.29, 0.717) is 6.61 Å². The van der Waals surface area contributed by atoms with Crippen molar-refractivity contribution >= 4 is 0 Å². The molecule has 2 bridgehead atoms. The van der Waals surface area contributed by atoms with E-state index in [2.05, 4.69) is 0 Å². The van der Waals surface area contributed by atoms with Crippen molar-refractivity contribution in [1.82, 2.24) is 0 Å². The Bertz CT molecular complexity index is 960. The Labute approximate surface area is 203 Å². The number of aliphatic hydroxyl groups excluding tert-OH is 2. The lowest BCUT2D eigenvalue weighted by Gasteiger charge is -2.45. The van der Waals surface area contributed by atoms with E-state index in [1.54, 1.807) is 0 Å². The van der Waals surface area contributed by atoms with Crippen LogP contribution < -0.4 is 0 Å². The first-order chi connectivity index (χ1) is 17.2. The third-order valence-corrected chi connectivity index (χ3v) is 6.91. The van der Waals surface area contributed by atoms with Crippen LogP contribution in [0.4, 0.5) is 0 Å². The summed E-state index contributed by atoms with van der Waals surface area (Å²) >= 11 is 0. The van der Waals surface area contributed by atoms with Gasteiger partial charge in [0.2, 0.25) is 0 Å². The van der Waals surface area contributed by atoms with Crippen molar-refractivity contribution in [2.24, 2.45) is 0 Å². The summed E-state index contributed by atoms with van der Waals surface area (Å²) < 4.78 is 42.2. The second-order valence-corrected chi connectivity index (χ2v) is 9.28. The molecule has 4 aliphatic rings. The Balaban J connectivity index is 1.23. The third-order valence-electron chi connectivity index (χ3n) is 6.91. The normalized spacial score (nSPS) is 39.8. The minimum Gasteiger partial charge on any atom is -0.394 e. The monoisotopic (exact) mass is 486 g/mol. The first kappa shape index (κ1) is 23.5. The van der Waals surface area contributed by atoms with Crippen LogP contribution in [-0.2, 0) is 46.4 Å². The van der Waals surface area contributed by atoms with Crippen molar-refractivity contribution in [2.75, 3.05) is 13.2 Å². The van der Waals surface area contributed by atoms with Gasteiger partial charge in [0, 0.05) is 0 Å². The molecule has 9 heteroatoms. The van der Waals surface area contributed by atoms with Crippen molar-refractivity contribution in [3.05, 3.63) is 71.8 Å². The smallest absolute Gasteiger partial charge is 0.187 e. The Morgan fingerprint density at radius 2 is 1.43 bits per heavy atom. The highest BCUT2D eigenvalue weighted by Crippen LogP contribution is 2.44. The fraction of sp³-hybridized carbons (Fsp3) is 0.538. The zero-order valence-electron chi connectivity index (χ0n) is 19.1. The highest BCUT2D eigenvalue weighted by Gasteiger charge is 2.63. The Morgan fingerprint density at radius 1 is 0.771 bits per heavy atom. The number of hydrogen-bond donors (Lipinski definition) is 2. The van der Waals surface area contributed by atoms with E-state index in [9.17, 15) is 10.2 Å². The summed E-state index contributed by atoms with van der Waals surface area (Å²) in [6.07, 6.45) is -5.87. The van der Waals surface area contributed by atoms with Crippen molar-refractivity contribution < 1.29 is 43.4 Å². The molecule has 6 rings (SSSR count). The summed E-state index contributed by atoms with van der Waals surface area (Å²) in [5.41, 5.74) is 1.92. The van der Waals surface area contributed by atoms with Crippen LogP contribution in [-0.4, -0.2) is 84.8 Å². The molecular weight excluding hydrogens is 456 g/mol. The van der Waals surface area contributed by atoms with E-state index in [1.165, 1.54) is 0 Å². The molecule has 10 atom stereocenters. The minimum absolute atomic E-state index is 0.150. The van der Waals surface area contributed by atoms with E-state index in [-0.39, 0.29) is 37.8 Å². The van der Waals surface area contributed by atoms with E-state index in [0.717, 1.165) is 11.1 Å². The van der Waals surface area contributed by atoms with Crippen LogP contribution in [0.3, 0.4) is 0 Å². The van der Waals surface area contributed by atoms with E-state index in [4.69, 9.17) is 33.2 Å². The summed E-state index contributed by atoms with van der Waals surface area (Å²) in [6.45, 7) is 0.551. The molecule has 0 aliphatic carbocycles. The van der Waals surface area contributed by atoms with Crippen molar-refractivity contribution in [2.45, 2.75) is 74.6 Å². The van der Waals surface area contributed by atoms with Gasteiger partial charge in [-0.1, -0.05) is 60.7 Å². The summed E-state index contributed by atoms with van der Waals surface area (Å²) in [4.78, 5) is 0. The fourth-order valence-corrected chi connectivity index (χ4v) is 4.99. The van der Waals surface area contributed by atoms with Gasteiger partial charge in [-0.2, -0.15) is 0 Å². The van der Waals surface area contributed by atoms with Gasteiger partial charge in [0.05, 0.1) is 26.4 Å². The molecule has 4 saturated heterocycles. The molecule has 0 unspecified atom stereocenters. The molecular formula is C26H30O9. The zero-order chi connectivity index (χ0) is 23.8. The molecule has 2 aromatic carbocycles. The van der Waals surface area contributed by atoms with Gasteiger partial charge in [0.25, 0.3) is 0 Å². The van der Waals surface area contributed by atoms with Gasteiger partial charge in [-0.25, -0.2) is 0 Å². The average Bonchev–Trinajstić information content (AvgIpc) is 3.59. The molecule has 4 fully saturated rings. The van der Waals surface area contributed by atoms with Crippen molar-refractivity contribution in [3.8, 4) is 0 Å². The molecule has 9 nitrogen and oxygen atoms in total. The number of rotatable bonds is 9. The van der Waals surface area contributed by atoms with Crippen molar-refractivity contribution in [3.63, 3.8) is 0 Å². The lowest BCUT2D eigenvalue weighted by molar-refractivity contribution is -0.335. The van der Waals surface area contributed by atoms with Crippen molar-refractivity contribution in [1.29, 1.82) is 0 Å². The molecule has 2 N–H and O–H groups in total. The molecule has 35 heavy (non-hydrogen) atoms. The van der Waals surface area contributed by atoms with E-state index < -0.39 is 43.4 Å². The molecule has 4 heterocycles. The van der Waals surface area contributed by atoms with Crippen LogP contribution in [0.5, 0.6) is 0 Å². The maximum absolute atomic E-state index is 11.0. The SMILES string of the molecule is OC[C@H]1O[C@@H](O[C@H]2[C@@H]3O[C@@H]3[C@@H]3OC[C@H]2O3)[C@H](OCc2ccccc2)[C@@H](OCc2ccccc2)[C@@H]1O. The predicted octanol–water partition coefficient (Wildman–Crippen LogP) is 1.14. The van der Waals surface area contributed by atoms with Crippen LogP contribution in [0.1, 0.15) is 11.1 Å².